The van der Waals surface area contributed by atoms with Gasteiger partial charge in [0.25, 0.3) is 0 Å². The zero-order valence-corrected chi connectivity index (χ0v) is 19.2. The third-order valence-electron chi connectivity index (χ3n) is 6.13. The second-order valence-corrected chi connectivity index (χ2v) is 10.4. The van der Waals surface area contributed by atoms with Gasteiger partial charge in [0.15, 0.2) is 5.96 Å². The van der Waals surface area contributed by atoms with Crippen LogP contribution in [0, 0.1) is 5.92 Å². The smallest absolute Gasteiger partial charge is 0.211 e. The molecule has 3 rings (SSSR count). The molecule has 7 nitrogen and oxygen atoms in total. The highest BCUT2D eigenvalue weighted by Gasteiger charge is 2.25. The van der Waals surface area contributed by atoms with Crippen molar-refractivity contribution in [2.45, 2.75) is 38.6 Å². The number of nitrogens with zero attached hydrogens (tertiary/aromatic N) is 3. The Kier molecular flexibility index (Phi) is 8.53. The summed E-state index contributed by atoms with van der Waals surface area (Å²) >= 11 is 0. The lowest BCUT2D eigenvalue weighted by Crippen LogP contribution is -2.44. The van der Waals surface area contributed by atoms with Gasteiger partial charge in [-0.15, -0.1) is 0 Å². The number of aliphatic imine (C=N–C) groups is 1. The van der Waals surface area contributed by atoms with E-state index in [1.807, 2.05) is 0 Å². The van der Waals surface area contributed by atoms with Crippen molar-refractivity contribution in [3.8, 4) is 0 Å². The molecular weight excluding hydrogens is 398 g/mol. The first-order chi connectivity index (χ1) is 14.5. The molecule has 30 heavy (non-hydrogen) atoms. The van der Waals surface area contributed by atoms with Gasteiger partial charge in [0.1, 0.15) is 0 Å². The van der Waals surface area contributed by atoms with E-state index in [-0.39, 0.29) is 0 Å². The quantitative estimate of drug-likeness (QED) is 0.483. The maximum absolute atomic E-state index is 11.7. The lowest BCUT2D eigenvalue weighted by molar-refractivity contribution is 0.251. The summed E-state index contributed by atoms with van der Waals surface area (Å²) in [5, 5.41) is 6.86. The van der Waals surface area contributed by atoms with Crippen LogP contribution in [0.2, 0.25) is 0 Å². The van der Waals surface area contributed by atoms with Gasteiger partial charge in [-0.1, -0.05) is 30.3 Å². The van der Waals surface area contributed by atoms with Gasteiger partial charge in [0.2, 0.25) is 10.0 Å². The highest BCUT2D eigenvalue weighted by atomic mass is 32.2. The molecule has 1 aromatic rings. The first-order valence-corrected chi connectivity index (χ1v) is 13.1. The van der Waals surface area contributed by atoms with Crippen molar-refractivity contribution in [3.05, 3.63) is 35.9 Å². The number of sulfonamides is 1. The summed E-state index contributed by atoms with van der Waals surface area (Å²) in [6, 6.07) is 11.0. The van der Waals surface area contributed by atoms with E-state index < -0.39 is 10.0 Å². The lowest BCUT2D eigenvalue weighted by Gasteiger charge is -2.30. The summed E-state index contributed by atoms with van der Waals surface area (Å²) in [6.45, 7) is 7.95. The predicted molar refractivity (Wildman–Crippen MR) is 123 cm³/mol. The SMILES string of the molecule is CCNC(=NCC(c1ccccc1)N1CCCC1)NCC1CCN(S(C)(=O)=O)CC1. The largest absolute Gasteiger partial charge is 0.357 e. The molecule has 1 unspecified atom stereocenters. The molecule has 1 aromatic carbocycles. The highest BCUT2D eigenvalue weighted by Crippen LogP contribution is 2.25. The minimum Gasteiger partial charge on any atom is -0.357 e. The predicted octanol–water partition coefficient (Wildman–Crippen LogP) is 2.05. The summed E-state index contributed by atoms with van der Waals surface area (Å²) in [7, 11) is -3.07. The van der Waals surface area contributed by atoms with Crippen LogP contribution in [0.1, 0.15) is 44.2 Å². The molecule has 0 amide bonds. The number of rotatable bonds is 8. The standard InChI is InChI=1S/C22H37N5O2S/c1-3-23-22(24-17-19-11-15-27(16-12-19)30(2,28)29)25-18-21(26-13-7-8-14-26)20-9-5-4-6-10-20/h4-6,9-10,19,21H,3,7-8,11-18H2,1-2H3,(H2,23,24,25). The van der Waals surface area contributed by atoms with E-state index in [1.165, 1.54) is 24.7 Å². The van der Waals surface area contributed by atoms with Gasteiger partial charge < -0.3 is 10.6 Å². The summed E-state index contributed by atoms with van der Waals surface area (Å²) in [5.41, 5.74) is 1.33. The van der Waals surface area contributed by atoms with Crippen molar-refractivity contribution in [2.24, 2.45) is 10.9 Å². The zero-order chi connectivity index (χ0) is 21.4. The molecule has 1 atom stereocenters. The number of nitrogens with one attached hydrogen (secondary N) is 2. The molecule has 2 heterocycles. The van der Waals surface area contributed by atoms with Gasteiger partial charge >= 0.3 is 0 Å². The van der Waals surface area contributed by atoms with Crippen molar-refractivity contribution < 1.29 is 8.42 Å². The van der Waals surface area contributed by atoms with Crippen molar-refractivity contribution in [1.29, 1.82) is 0 Å². The Morgan fingerprint density at radius 3 is 2.37 bits per heavy atom. The average molecular weight is 436 g/mol. The number of guanidine groups is 1. The second kappa shape index (κ2) is 11.1. The van der Waals surface area contributed by atoms with E-state index in [1.54, 1.807) is 4.31 Å². The molecule has 0 bridgehead atoms. The molecule has 0 aliphatic carbocycles. The Morgan fingerprint density at radius 2 is 1.77 bits per heavy atom. The summed E-state index contributed by atoms with van der Waals surface area (Å²) in [5.74, 6) is 1.32. The van der Waals surface area contributed by atoms with E-state index in [9.17, 15) is 8.42 Å². The van der Waals surface area contributed by atoms with Crippen LogP contribution in [0.4, 0.5) is 0 Å². The maximum atomic E-state index is 11.7. The fourth-order valence-electron chi connectivity index (χ4n) is 4.37. The molecule has 0 saturated carbocycles. The Bertz CT molecular complexity index is 770. The van der Waals surface area contributed by atoms with Gasteiger partial charge in [-0.05, 0) is 57.2 Å². The number of hydrogen-bond acceptors (Lipinski definition) is 4. The monoisotopic (exact) mass is 435 g/mol. The average Bonchev–Trinajstić information content (AvgIpc) is 3.27. The fourth-order valence-corrected chi connectivity index (χ4v) is 5.24. The van der Waals surface area contributed by atoms with Crippen LogP contribution in [0.15, 0.2) is 35.3 Å². The summed E-state index contributed by atoms with van der Waals surface area (Å²) in [6.07, 6.45) is 5.60. The van der Waals surface area contributed by atoms with Crippen molar-refractivity contribution in [3.63, 3.8) is 0 Å². The highest BCUT2D eigenvalue weighted by molar-refractivity contribution is 7.88. The van der Waals surface area contributed by atoms with E-state index in [0.29, 0.717) is 25.0 Å². The molecule has 2 N–H and O–H groups in total. The van der Waals surface area contributed by atoms with Crippen LogP contribution in [0.25, 0.3) is 0 Å². The van der Waals surface area contributed by atoms with Crippen molar-refractivity contribution in [1.82, 2.24) is 19.8 Å². The van der Waals surface area contributed by atoms with Crippen LogP contribution in [-0.2, 0) is 10.0 Å². The normalized spacial score (nSPS) is 20.9. The number of benzene rings is 1. The molecule has 0 radical (unpaired) electrons. The van der Waals surface area contributed by atoms with Gasteiger partial charge in [-0.2, -0.15) is 0 Å². The molecule has 2 fully saturated rings. The lowest BCUT2D eigenvalue weighted by atomic mass is 9.98. The first-order valence-electron chi connectivity index (χ1n) is 11.2. The minimum atomic E-state index is -3.07. The van der Waals surface area contributed by atoms with Crippen LogP contribution in [0.5, 0.6) is 0 Å². The fraction of sp³-hybridized carbons (Fsp3) is 0.682. The second-order valence-electron chi connectivity index (χ2n) is 8.38. The van der Waals surface area contributed by atoms with Crippen molar-refractivity contribution >= 4 is 16.0 Å². The number of piperidine rings is 1. The van der Waals surface area contributed by atoms with Crippen LogP contribution < -0.4 is 10.6 Å². The third kappa shape index (κ3) is 6.68. The molecule has 0 aromatic heterocycles. The van der Waals surface area contributed by atoms with E-state index in [0.717, 1.165) is 51.5 Å². The summed E-state index contributed by atoms with van der Waals surface area (Å²) < 4.78 is 25.0. The van der Waals surface area contributed by atoms with E-state index in [2.05, 4.69) is 52.8 Å². The van der Waals surface area contributed by atoms with Gasteiger partial charge in [-0.25, -0.2) is 12.7 Å². The third-order valence-corrected chi connectivity index (χ3v) is 7.44. The topological polar surface area (TPSA) is 77.0 Å². The van der Waals surface area contributed by atoms with E-state index >= 15 is 0 Å². The Labute approximate surface area is 182 Å². The Hall–Kier alpha value is -1.64. The molecule has 168 valence electrons. The van der Waals surface area contributed by atoms with Gasteiger partial charge in [0.05, 0.1) is 18.8 Å². The molecule has 2 aliphatic rings. The minimum absolute atomic E-state index is 0.308. The van der Waals surface area contributed by atoms with Gasteiger partial charge in [-0.3, -0.25) is 9.89 Å². The summed E-state index contributed by atoms with van der Waals surface area (Å²) in [4.78, 5) is 7.46. The molecule has 2 aliphatic heterocycles. The van der Waals surface area contributed by atoms with Gasteiger partial charge in [0, 0.05) is 26.2 Å². The van der Waals surface area contributed by atoms with Crippen LogP contribution in [0.3, 0.4) is 0 Å². The molecule has 2 saturated heterocycles. The Morgan fingerprint density at radius 1 is 1.10 bits per heavy atom. The Balaban J connectivity index is 1.58. The number of hydrogen-bond donors (Lipinski definition) is 2. The van der Waals surface area contributed by atoms with Crippen LogP contribution >= 0.6 is 0 Å². The molecular formula is C22H37N5O2S. The molecule has 0 spiro atoms. The van der Waals surface area contributed by atoms with Crippen molar-refractivity contribution in [2.75, 3.05) is 52.1 Å². The zero-order valence-electron chi connectivity index (χ0n) is 18.4. The van der Waals surface area contributed by atoms with Crippen LogP contribution in [-0.4, -0.2) is 75.7 Å². The molecule has 8 heteroatoms. The maximum Gasteiger partial charge on any atom is 0.211 e. The number of likely N-dealkylation sites (tertiary alicyclic amines) is 1. The van der Waals surface area contributed by atoms with E-state index in [4.69, 9.17) is 4.99 Å². The first kappa shape index (κ1) is 23.0.